The molecule has 0 aliphatic carbocycles. The molecule has 21 heavy (non-hydrogen) atoms. The van der Waals surface area contributed by atoms with Gasteiger partial charge in [0.25, 0.3) is 5.91 Å². The summed E-state index contributed by atoms with van der Waals surface area (Å²) in [5.74, 6) is 1.19. The molecule has 2 heterocycles. The van der Waals surface area contributed by atoms with Crippen LogP contribution < -0.4 is 5.32 Å². The van der Waals surface area contributed by atoms with Gasteiger partial charge in [0, 0.05) is 17.8 Å². The van der Waals surface area contributed by atoms with E-state index in [0.29, 0.717) is 17.7 Å². The molecule has 0 bridgehead atoms. The van der Waals surface area contributed by atoms with Crippen molar-refractivity contribution >= 4 is 16.9 Å². The van der Waals surface area contributed by atoms with Gasteiger partial charge in [0.15, 0.2) is 0 Å². The van der Waals surface area contributed by atoms with Gasteiger partial charge in [0.2, 0.25) is 0 Å². The van der Waals surface area contributed by atoms with E-state index in [4.69, 9.17) is 8.94 Å². The highest BCUT2D eigenvalue weighted by Crippen LogP contribution is 2.19. The lowest BCUT2D eigenvalue weighted by molar-refractivity contribution is 0.0938. The molecule has 1 aromatic carbocycles. The summed E-state index contributed by atoms with van der Waals surface area (Å²) < 4.78 is 10.6. The summed E-state index contributed by atoms with van der Waals surface area (Å²) >= 11 is 0. The third-order valence-electron chi connectivity index (χ3n) is 3.36. The predicted octanol–water partition coefficient (Wildman–Crippen LogP) is 3.09. The molecule has 0 aliphatic heterocycles. The number of para-hydroxylation sites is 1. The molecular weight excluding hydrogens is 268 g/mol. The van der Waals surface area contributed by atoms with E-state index in [9.17, 15) is 4.79 Å². The van der Waals surface area contributed by atoms with Gasteiger partial charge < -0.3 is 14.3 Å². The first-order valence-electron chi connectivity index (χ1n) is 6.83. The van der Waals surface area contributed by atoms with Gasteiger partial charge in [-0.15, -0.1) is 0 Å². The molecule has 1 N–H and O–H groups in total. The van der Waals surface area contributed by atoms with Crippen molar-refractivity contribution in [1.82, 2.24) is 10.5 Å². The van der Waals surface area contributed by atoms with Crippen molar-refractivity contribution in [1.29, 1.82) is 0 Å². The van der Waals surface area contributed by atoms with Crippen LogP contribution in [0, 0.1) is 6.92 Å². The van der Waals surface area contributed by atoms with Gasteiger partial charge >= 0.3 is 0 Å². The number of hydrogen-bond donors (Lipinski definition) is 1. The van der Waals surface area contributed by atoms with Crippen LogP contribution in [0.3, 0.4) is 0 Å². The Morgan fingerprint density at radius 2 is 2.19 bits per heavy atom. The number of amides is 1. The van der Waals surface area contributed by atoms with Crippen LogP contribution in [-0.4, -0.2) is 17.1 Å². The Morgan fingerprint density at radius 1 is 1.38 bits per heavy atom. The zero-order chi connectivity index (χ0) is 14.8. The standard InChI is InChI=1S/C16H16N2O3/c1-10(18-16(19)14-9-17-21-11(14)2)7-13-8-12-5-3-4-6-15(12)20-13/h3-6,8-10H,7H2,1-2H3,(H,18,19). The van der Waals surface area contributed by atoms with Crippen LogP contribution in [0.5, 0.6) is 0 Å². The first-order chi connectivity index (χ1) is 10.1. The second-order valence-corrected chi connectivity index (χ2v) is 5.12. The Bertz CT molecular complexity index is 740. The van der Waals surface area contributed by atoms with Gasteiger partial charge in [-0.2, -0.15) is 0 Å². The van der Waals surface area contributed by atoms with E-state index < -0.39 is 0 Å². The molecule has 3 aromatic rings. The SMILES string of the molecule is Cc1oncc1C(=O)NC(C)Cc1cc2ccccc2o1. The Morgan fingerprint density at radius 3 is 2.90 bits per heavy atom. The normalized spacial score (nSPS) is 12.5. The van der Waals surface area contributed by atoms with Crippen molar-refractivity contribution in [3.05, 3.63) is 53.6 Å². The van der Waals surface area contributed by atoms with Crippen LogP contribution in [0.2, 0.25) is 0 Å². The molecular formula is C16H16N2O3. The maximum Gasteiger partial charge on any atom is 0.256 e. The number of carbonyl (C=O) groups is 1. The maximum atomic E-state index is 12.1. The van der Waals surface area contributed by atoms with Crippen LogP contribution in [0.4, 0.5) is 0 Å². The lowest BCUT2D eigenvalue weighted by Crippen LogP contribution is -2.34. The van der Waals surface area contributed by atoms with Crippen LogP contribution in [-0.2, 0) is 6.42 Å². The van der Waals surface area contributed by atoms with Crippen molar-refractivity contribution in [2.75, 3.05) is 0 Å². The molecule has 1 atom stereocenters. The second kappa shape index (κ2) is 5.44. The minimum Gasteiger partial charge on any atom is -0.461 e. The fraction of sp³-hybridized carbons (Fsp3) is 0.250. The lowest BCUT2D eigenvalue weighted by Gasteiger charge is -2.11. The van der Waals surface area contributed by atoms with E-state index in [0.717, 1.165) is 16.7 Å². The molecule has 5 nitrogen and oxygen atoms in total. The summed E-state index contributed by atoms with van der Waals surface area (Å²) in [6, 6.07) is 9.81. The average Bonchev–Trinajstić information content (AvgIpc) is 3.03. The monoisotopic (exact) mass is 284 g/mol. The average molecular weight is 284 g/mol. The summed E-state index contributed by atoms with van der Waals surface area (Å²) in [7, 11) is 0. The molecule has 0 aliphatic rings. The summed E-state index contributed by atoms with van der Waals surface area (Å²) in [5.41, 5.74) is 1.33. The largest absolute Gasteiger partial charge is 0.461 e. The Hall–Kier alpha value is -2.56. The predicted molar refractivity (Wildman–Crippen MR) is 78.1 cm³/mol. The maximum absolute atomic E-state index is 12.1. The molecule has 0 saturated carbocycles. The first kappa shape index (κ1) is 13.4. The van der Waals surface area contributed by atoms with Crippen molar-refractivity contribution in [3.8, 4) is 0 Å². The second-order valence-electron chi connectivity index (χ2n) is 5.12. The first-order valence-corrected chi connectivity index (χ1v) is 6.83. The number of hydrogen-bond acceptors (Lipinski definition) is 4. The van der Waals surface area contributed by atoms with Gasteiger partial charge in [-0.05, 0) is 26.0 Å². The molecule has 1 unspecified atom stereocenters. The van der Waals surface area contributed by atoms with Crippen molar-refractivity contribution in [2.24, 2.45) is 0 Å². The molecule has 0 saturated heterocycles. The van der Waals surface area contributed by atoms with Crippen molar-refractivity contribution in [2.45, 2.75) is 26.3 Å². The third kappa shape index (κ3) is 2.81. The van der Waals surface area contributed by atoms with Gasteiger partial charge in [0.1, 0.15) is 22.7 Å². The summed E-state index contributed by atoms with van der Waals surface area (Å²) in [4.78, 5) is 12.1. The van der Waals surface area contributed by atoms with Crippen LogP contribution in [0.1, 0.15) is 28.8 Å². The van der Waals surface area contributed by atoms with Gasteiger partial charge in [0.05, 0.1) is 6.20 Å². The quantitative estimate of drug-likeness (QED) is 0.799. The summed E-state index contributed by atoms with van der Waals surface area (Å²) in [5, 5.41) is 7.60. The number of benzene rings is 1. The highest BCUT2D eigenvalue weighted by atomic mass is 16.5. The van der Waals surface area contributed by atoms with Gasteiger partial charge in [-0.1, -0.05) is 23.4 Å². The number of nitrogens with zero attached hydrogens (tertiary/aromatic N) is 1. The minimum atomic E-state index is -0.183. The van der Waals surface area contributed by atoms with E-state index in [1.807, 2.05) is 37.3 Å². The van der Waals surface area contributed by atoms with Gasteiger partial charge in [-0.25, -0.2) is 0 Å². The van der Waals surface area contributed by atoms with Crippen LogP contribution in [0.25, 0.3) is 11.0 Å². The Balaban J connectivity index is 1.67. The van der Waals surface area contributed by atoms with E-state index >= 15 is 0 Å². The number of furan rings is 1. The van der Waals surface area contributed by atoms with Crippen LogP contribution in [0.15, 0.2) is 45.5 Å². The van der Waals surface area contributed by atoms with E-state index in [1.165, 1.54) is 6.20 Å². The molecule has 1 amide bonds. The molecule has 0 spiro atoms. The Labute approximate surface area is 121 Å². The smallest absolute Gasteiger partial charge is 0.256 e. The number of nitrogens with one attached hydrogen (secondary N) is 1. The third-order valence-corrected chi connectivity index (χ3v) is 3.36. The van der Waals surface area contributed by atoms with E-state index in [1.54, 1.807) is 6.92 Å². The summed E-state index contributed by atoms with van der Waals surface area (Å²) in [6.45, 7) is 3.65. The van der Waals surface area contributed by atoms with Gasteiger partial charge in [-0.3, -0.25) is 4.79 Å². The fourth-order valence-corrected chi connectivity index (χ4v) is 2.31. The zero-order valence-electron chi connectivity index (χ0n) is 11.9. The molecule has 108 valence electrons. The highest BCUT2D eigenvalue weighted by molar-refractivity contribution is 5.94. The van der Waals surface area contributed by atoms with E-state index in [2.05, 4.69) is 10.5 Å². The van der Waals surface area contributed by atoms with Crippen molar-refractivity contribution < 1.29 is 13.7 Å². The molecule has 0 fully saturated rings. The van der Waals surface area contributed by atoms with Crippen LogP contribution >= 0.6 is 0 Å². The highest BCUT2D eigenvalue weighted by Gasteiger charge is 2.16. The molecule has 0 radical (unpaired) electrons. The van der Waals surface area contributed by atoms with Crippen molar-refractivity contribution in [3.63, 3.8) is 0 Å². The Kier molecular flexibility index (Phi) is 3.48. The zero-order valence-corrected chi connectivity index (χ0v) is 11.9. The van der Waals surface area contributed by atoms with E-state index in [-0.39, 0.29) is 11.9 Å². The molecule has 3 rings (SSSR count). The summed E-state index contributed by atoms with van der Waals surface area (Å²) in [6.07, 6.45) is 2.06. The minimum absolute atomic E-state index is 0.0487. The number of carbonyl (C=O) groups excluding carboxylic acids is 1. The molecule has 2 aromatic heterocycles. The number of aromatic nitrogens is 1. The molecule has 5 heteroatoms. The topological polar surface area (TPSA) is 68.3 Å². The fourth-order valence-electron chi connectivity index (χ4n) is 2.31. The number of fused-ring (bicyclic) bond motifs is 1. The number of rotatable bonds is 4. The lowest BCUT2D eigenvalue weighted by atomic mass is 10.1. The number of aryl methyl sites for hydroxylation is 1.